The Morgan fingerprint density at radius 1 is 1.18 bits per heavy atom. The topological polar surface area (TPSA) is 148 Å². The average Bonchev–Trinajstić information content (AvgIpc) is 3.47. The van der Waals surface area contributed by atoms with Gasteiger partial charge in [-0.25, -0.2) is 4.98 Å². The average molecular weight is 545 g/mol. The van der Waals surface area contributed by atoms with Crippen molar-refractivity contribution < 1.29 is 19.2 Å². The van der Waals surface area contributed by atoms with Gasteiger partial charge in [0.15, 0.2) is 11.0 Å². The highest BCUT2D eigenvalue weighted by atomic mass is 32.2. The van der Waals surface area contributed by atoms with Crippen molar-refractivity contribution >= 4 is 46.8 Å². The fourth-order valence-electron chi connectivity index (χ4n) is 7.36. The molecule has 0 spiro atoms. The van der Waals surface area contributed by atoms with Crippen molar-refractivity contribution in [3.8, 4) is 11.3 Å². The number of imide groups is 2. The van der Waals surface area contributed by atoms with E-state index in [0.717, 1.165) is 34.9 Å². The van der Waals surface area contributed by atoms with Crippen LogP contribution in [0.5, 0.6) is 0 Å². The van der Waals surface area contributed by atoms with Crippen molar-refractivity contribution in [2.45, 2.75) is 62.2 Å². The summed E-state index contributed by atoms with van der Waals surface area (Å²) < 4.78 is 0. The van der Waals surface area contributed by atoms with Crippen LogP contribution < -0.4 is 10.6 Å². The van der Waals surface area contributed by atoms with E-state index in [9.17, 15) is 19.2 Å². The monoisotopic (exact) mass is 544 g/mol. The number of H-pyrrole nitrogens is 1. The number of rotatable bonds is 6. The molecule has 2 aromatic rings. The van der Waals surface area contributed by atoms with Crippen molar-refractivity contribution in [3.05, 3.63) is 41.0 Å². The summed E-state index contributed by atoms with van der Waals surface area (Å²) in [6.07, 6.45) is 7.32. The summed E-state index contributed by atoms with van der Waals surface area (Å²) in [5.41, 5.74) is 4.25. The van der Waals surface area contributed by atoms with Crippen LogP contribution in [-0.4, -0.2) is 55.6 Å². The lowest BCUT2D eigenvalue weighted by molar-refractivity contribution is -0.136. The minimum atomic E-state index is -1.01. The number of amides is 4. The van der Waals surface area contributed by atoms with Gasteiger partial charge in [-0.2, -0.15) is 0 Å². The van der Waals surface area contributed by atoms with Crippen molar-refractivity contribution in [3.63, 3.8) is 0 Å². The van der Waals surface area contributed by atoms with Crippen LogP contribution in [0.3, 0.4) is 0 Å². The molecule has 2 bridgehead atoms. The Morgan fingerprint density at radius 3 is 2.79 bits per heavy atom. The number of carbonyl (C=O) groups excluding carboxylic acids is 4. The van der Waals surface area contributed by atoms with Crippen LogP contribution in [0.25, 0.3) is 11.3 Å². The fourth-order valence-corrected chi connectivity index (χ4v) is 7.78. The van der Waals surface area contributed by atoms with Gasteiger partial charge in [0.25, 0.3) is 11.8 Å². The smallest absolute Gasteiger partial charge is 0.262 e. The van der Waals surface area contributed by atoms with E-state index in [4.69, 9.17) is 10.4 Å². The van der Waals surface area contributed by atoms with Crippen molar-refractivity contribution in [2.75, 3.05) is 5.32 Å². The summed E-state index contributed by atoms with van der Waals surface area (Å²) in [4.78, 5) is 59.5. The summed E-state index contributed by atoms with van der Waals surface area (Å²) in [5, 5.41) is 14.0. The molecule has 5 atom stereocenters. The van der Waals surface area contributed by atoms with E-state index in [1.807, 2.05) is 0 Å². The zero-order valence-electron chi connectivity index (χ0n) is 21.4. The maximum absolute atomic E-state index is 13.4. The highest BCUT2D eigenvalue weighted by Crippen LogP contribution is 2.58. The van der Waals surface area contributed by atoms with Crippen LogP contribution >= 0.6 is 11.8 Å². The number of anilines is 1. The highest BCUT2D eigenvalue weighted by molar-refractivity contribution is 8.11. The minimum absolute atomic E-state index is 0.0723. The normalized spacial score (nSPS) is 30.9. The molecule has 10 nitrogen and oxygen atoms in total. The van der Waals surface area contributed by atoms with Gasteiger partial charge in [-0.3, -0.25) is 29.4 Å². The predicted octanol–water partition coefficient (Wildman–Crippen LogP) is 3.72. The number of benzene rings is 1. The molecule has 5 aliphatic rings. The van der Waals surface area contributed by atoms with Gasteiger partial charge in [0, 0.05) is 12.0 Å². The number of nitrogens with one attached hydrogen (secondary N) is 4. The number of fused-ring (bicyclic) bond motifs is 2. The Balaban J connectivity index is 1.22. The molecular formula is C28H28N6O4S. The lowest BCUT2D eigenvalue weighted by Crippen LogP contribution is -2.54. The molecule has 200 valence electrons. The Hall–Kier alpha value is -3.73. The van der Waals surface area contributed by atoms with E-state index in [0.29, 0.717) is 28.1 Å². The van der Waals surface area contributed by atoms with Crippen LogP contribution in [0.4, 0.5) is 5.82 Å². The lowest BCUT2D eigenvalue weighted by Gasteiger charge is -2.39. The molecule has 11 heteroatoms. The summed E-state index contributed by atoms with van der Waals surface area (Å²) in [7, 11) is 0. The molecule has 5 unspecified atom stereocenters. The maximum Gasteiger partial charge on any atom is 0.262 e. The van der Waals surface area contributed by atoms with Crippen molar-refractivity contribution in [1.82, 2.24) is 20.2 Å². The molecule has 39 heavy (non-hydrogen) atoms. The van der Waals surface area contributed by atoms with Gasteiger partial charge >= 0.3 is 0 Å². The number of imidazole rings is 1. The molecule has 1 aromatic heterocycles. The molecular weight excluding hydrogens is 516 g/mol. The summed E-state index contributed by atoms with van der Waals surface area (Å²) in [6, 6.07) is 4.02. The third-order valence-electron chi connectivity index (χ3n) is 8.97. The predicted molar refractivity (Wildman–Crippen MR) is 144 cm³/mol. The molecule has 0 radical (unpaired) electrons. The minimum Gasteiger partial charge on any atom is -0.360 e. The number of hydrogen-bond acceptors (Lipinski definition) is 8. The Kier molecular flexibility index (Phi) is 5.39. The summed E-state index contributed by atoms with van der Waals surface area (Å²) >= 11 is 1.15. The summed E-state index contributed by atoms with van der Waals surface area (Å²) in [5.74, 6) is 0.765. The van der Waals surface area contributed by atoms with E-state index in [1.165, 1.54) is 30.4 Å². The third kappa shape index (κ3) is 3.85. The Morgan fingerprint density at radius 2 is 2.00 bits per heavy atom. The Bertz CT molecular complexity index is 1510. The van der Waals surface area contributed by atoms with Crippen LogP contribution in [0, 0.1) is 23.2 Å². The molecule has 3 heterocycles. The second-order valence-electron chi connectivity index (χ2n) is 11.6. The van der Waals surface area contributed by atoms with E-state index < -0.39 is 29.7 Å². The van der Waals surface area contributed by atoms with Crippen LogP contribution in [0.1, 0.15) is 66.2 Å². The number of aromatic amines is 1. The molecule has 3 fully saturated rings. The van der Waals surface area contributed by atoms with Crippen molar-refractivity contribution in [1.29, 1.82) is 5.41 Å². The van der Waals surface area contributed by atoms with Gasteiger partial charge in [0.05, 0.1) is 27.9 Å². The lowest BCUT2D eigenvalue weighted by atomic mass is 9.69. The summed E-state index contributed by atoms with van der Waals surface area (Å²) in [6.45, 7) is 2.21. The van der Waals surface area contributed by atoms with E-state index >= 15 is 0 Å². The molecule has 7 rings (SSSR count). The first-order chi connectivity index (χ1) is 18.7. The first kappa shape index (κ1) is 24.3. The second kappa shape index (κ2) is 8.64. The number of nitrogens with zero attached hydrogens (tertiary/aromatic N) is 2. The quantitative estimate of drug-likeness (QED) is 0.142. The number of carbonyl (C=O) groups is 4. The Labute approximate surface area is 228 Å². The molecule has 2 aliphatic heterocycles. The first-order valence-corrected chi connectivity index (χ1v) is 14.2. The van der Waals surface area contributed by atoms with Crippen LogP contribution in [0.2, 0.25) is 0 Å². The number of hydrogen-bond donors (Lipinski definition) is 4. The molecule has 4 amide bonds. The molecule has 4 N–H and O–H groups in total. The number of allylic oxidation sites excluding steroid dienone is 1. The first-order valence-electron chi connectivity index (χ1n) is 13.3. The van der Waals surface area contributed by atoms with Gasteiger partial charge in [0.2, 0.25) is 11.8 Å². The zero-order chi connectivity index (χ0) is 27.1. The van der Waals surface area contributed by atoms with Gasteiger partial charge in [-0.15, -0.1) is 0 Å². The third-order valence-corrected chi connectivity index (χ3v) is 9.50. The van der Waals surface area contributed by atoms with Crippen LogP contribution in [-0.2, 0) is 9.59 Å². The van der Waals surface area contributed by atoms with E-state index in [-0.39, 0.29) is 29.5 Å². The number of aromatic nitrogens is 2. The largest absolute Gasteiger partial charge is 0.360 e. The van der Waals surface area contributed by atoms with Crippen LogP contribution in [0.15, 0.2) is 35.0 Å². The van der Waals surface area contributed by atoms with E-state index in [1.54, 1.807) is 18.2 Å². The molecule has 3 aliphatic carbocycles. The van der Waals surface area contributed by atoms with Gasteiger partial charge < -0.3 is 15.7 Å². The molecule has 2 saturated carbocycles. The van der Waals surface area contributed by atoms with Gasteiger partial charge in [0.1, 0.15) is 6.04 Å². The second-order valence-corrected chi connectivity index (χ2v) is 12.4. The fraction of sp³-hybridized carbons (Fsp3) is 0.429. The van der Waals surface area contributed by atoms with E-state index in [2.05, 4.69) is 28.6 Å². The standard InChI is InChI=1S/C28H28N6O4S/c1-28(10-13-6-15-8-16(11-28)18(15)7-13)33-23-22(31-27(32-23)39-12-29)14-2-3-17-19(9-14)26(38)34(25(17)37)20-4-5-21(35)30-24(20)36/h2-3,9,11-13,15,18,20,29,33H,4-8,10H2,1H3,(H,31,32)(H,30,35,36). The number of thioether (sulfide) groups is 1. The highest BCUT2D eigenvalue weighted by Gasteiger charge is 2.49. The maximum atomic E-state index is 13.4. The van der Waals surface area contributed by atoms with Gasteiger partial charge in [-0.05, 0) is 80.7 Å². The SMILES string of the molecule is CC1(Nc2nc(SC=N)[nH]c2-c2ccc3c(c2)C(=O)N(C2CCC(=O)NC2=O)C3=O)C=C2CC3CC(CC23)C1. The molecule has 1 aromatic carbocycles. The van der Waals surface area contributed by atoms with Crippen molar-refractivity contribution in [2.24, 2.45) is 17.8 Å². The number of piperidine rings is 1. The molecule has 1 saturated heterocycles. The van der Waals surface area contributed by atoms with Gasteiger partial charge in [-0.1, -0.05) is 17.7 Å². The zero-order valence-corrected chi connectivity index (χ0v) is 22.2.